The van der Waals surface area contributed by atoms with Crippen LogP contribution in [0.4, 0.5) is 32.9 Å². The van der Waals surface area contributed by atoms with Crippen molar-refractivity contribution in [1.82, 2.24) is 90.3 Å². The van der Waals surface area contributed by atoms with Crippen LogP contribution >= 0.6 is 0 Å². The summed E-state index contributed by atoms with van der Waals surface area (Å²) in [5, 5.41) is 79.1. The number of pyridine rings is 1. The third-order valence-corrected chi connectivity index (χ3v) is 29.0. The van der Waals surface area contributed by atoms with Crippen molar-refractivity contribution in [3.05, 3.63) is 148 Å². The molecule has 5 aliphatic heterocycles. The predicted octanol–water partition coefficient (Wildman–Crippen LogP) is 11.0. The van der Waals surface area contributed by atoms with Crippen LogP contribution in [-0.2, 0) is 37.9 Å². The second kappa shape index (κ2) is 43.4. The molecular weight excluding hydrogens is 1720 g/mol. The Balaban J connectivity index is 0.000000132. The number of amides is 6. The zero-order chi connectivity index (χ0) is 95.6. The molecule has 730 valence electrons. The molecule has 6 amide bonds. The lowest BCUT2D eigenvalue weighted by molar-refractivity contribution is -0.122. The van der Waals surface area contributed by atoms with Gasteiger partial charge in [0.1, 0.15) is 0 Å². The van der Waals surface area contributed by atoms with Crippen molar-refractivity contribution in [2.75, 3.05) is 120 Å². The predicted molar refractivity (Wildman–Crippen MR) is 529 cm³/mol. The van der Waals surface area contributed by atoms with E-state index in [0.29, 0.717) is 97.1 Å². The fourth-order valence-corrected chi connectivity index (χ4v) is 21.1. The minimum Gasteiger partial charge on any atom is -0.454 e. The lowest BCUT2D eigenvalue weighted by atomic mass is 9.77. The molecule has 4 saturated heterocycles. The number of nitrogens with one attached hydrogen (secondary N) is 9. The van der Waals surface area contributed by atoms with E-state index in [4.69, 9.17) is 15.2 Å². The Hall–Kier alpha value is -11.5. The fourth-order valence-electron chi connectivity index (χ4n) is 21.1. The summed E-state index contributed by atoms with van der Waals surface area (Å²) >= 11 is 0. The van der Waals surface area contributed by atoms with E-state index in [1.54, 1.807) is 21.6 Å². The summed E-state index contributed by atoms with van der Waals surface area (Å²) in [6, 6.07) is 36.1. The molecule has 0 radical (unpaired) electrons. The number of nitrogens with two attached hydrogens (primary N) is 1. The maximum Gasteiger partial charge on any atom is 0.343 e. The quantitative estimate of drug-likeness (QED) is 0.0227. The standard InChI is InChI=1S/C28H35N5O4.C26H33N7O3.C25H38N6O2.C23H35N5O2/c1-18-2-8-24-23(12-18)28(31-33(24)10-11-34)29-14-27(35)30-21-15-32(16-21)22-6-3-19(4-7-22)20-5-9-25-26(13-20)37-17-36-25;1-16-3-6-22-21(11-16)24(31-33(22)25(27)35)29-13-23(34)30-19-14-32(15-19)20-7-9-26(36,10-8-20)18-5-4-17(2)28-12-18;1-16-6-9-19(10-7-16)30-14-18(15-30)27-22(32)13-26-23-20-12-17(2)8-11-21(20)31(29-23)24(33)28-25(3,4)5;1-3-17-5-7-19(8-6-17)27-14-18(15-27)25-22(30)13-24-23-20-12-16(2)4-9-21(20)28(26-23)10-11-29/h2,5,8-9,12-13,19,21-22,34H,3-4,6-7,10-11,14-17H2,1H3,(H,29,31)(H,30,35);3-6,11-12,19-20,36H,7-10,13-15H2,1-2H3,(H2,27,35)(H,29,31)(H,30,34);8,11-12,16,18-19H,6-7,9-10,13-15H2,1-5H3,(H,26,29)(H,27,32)(H,28,33);4,9,12,17-19,29H,3,5-8,10-11,13-15H2,1-2H3,(H,24,26)(H,25,30). The molecule has 136 heavy (non-hydrogen) atoms. The van der Waals surface area contributed by atoms with Crippen molar-refractivity contribution in [3.8, 4) is 11.5 Å². The summed E-state index contributed by atoms with van der Waals surface area (Å²) in [6.45, 7) is 29.4. The van der Waals surface area contributed by atoms with Gasteiger partial charge in [0.15, 0.2) is 34.8 Å². The van der Waals surface area contributed by atoms with Gasteiger partial charge in [0.25, 0.3) is 0 Å². The number of hydrogen-bond acceptors (Lipinski definition) is 24. The lowest BCUT2D eigenvalue weighted by Crippen LogP contribution is -2.63. The molecule has 0 atom stereocenters. The number of carbonyl (C=O) groups excluding carboxylic acids is 6. The Morgan fingerprint density at radius 3 is 1.24 bits per heavy atom. The molecule has 19 rings (SSSR count). The van der Waals surface area contributed by atoms with Gasteiger partial charge < -0.3 is 78.4 Å². The number of aliphatic hydroxyl groups is 3. The molecule has 34 nitrogen and oxygen atoms in total. The van der Waals surface area contributed by atoms with Gasteiger partial charge in [0.05, 0.1) is 104 Å². The largest absolute Gasteiger partial charge is 0.454 e. The highest BCUT2D eigenvalue weighted by Crippen LogP contribution is 2.43. The van der Waals surface area contributed by atoms with Gasteiger partial charge in [-0.2, -0.15) is 19.6 Å². The number of aryl methyl sites for hydroxylation is 5. The number of fused-ring (bicyclic) bond motifs is 5. The summed E-state index contributed by atoms with van der Waals surface area (Å²) in [6.07, 6.45) is 21.6. The average Bonchev–Trinajstić information content (AvgIpc) is 1.05. The number of nitrogens with zero attached hydrogens (tertiary/aromatic N) is 13. The molecule has 9 aliphatic rings. The first-order valence-corrected chi connectivity index (χ1v) is 49.4. The molecular formula is C102H141N23O11. The molecule has 4 saturated carbocycles. The first kappa shape index (κ1) is 97.5. The first-order valence-electron chi connectivity index (χ1n) is 49.4. The van der Waals surface area contributed by atoms with Crippen molar-refractivity contribution >= 4 is 103 Å². The Labute approximate surface area is 796 Å². The highest BCUT2D eigenvalue weighted by Gasteiger charge is 2.43. The van der Waals surface area contributed by atoms with Crippen LogP contribution < -0.4 is 63.1 Å². The molecule has 0 bridgehead atoms. The zero-order valence-corrected chi connectivity index (χ0v) is 80.8. The number of ether oxygens (including phenoxy) is 2. The SMILES string of the molecule is CCC1CCC(N2CC(NC(=O)CNc3nn(CCO)c4ccc(C)cc34)C2)CC1.Cc1ccc2c(c1)c(NCC(=O)NC1CN(C3CCC(C)CC3)C1)nn2C(=O)NC(C)(C)C.Cc1ccc2c(c1)c(NCC(=O)NC1CN(C3CCC(O)(c4ccc(C)nc4)CC3)C1)nn2C(N)=O.Cc1ccc2c(c1)c(NCC(=O)NC1CN(C3CCC(c4ccc5c(c4)OCO5)CC3)C1)nn2CCO. The van der Waals surface area contributed by atoms with Gasteiger partial charge in [-0.05, 0) is 248 Å². The molecule has 34 heteroatoms. The van der Waals surface area contributed by atoms with Gasteiger partial charge >= 0.3 is 12.1 Å². The molecule has 10 heterocycles. The number of benzene rings is 5. The van der Waals surface area contributed by atoms with E-state index in [1.807, 2.05) is 128 Å². The molecule has 5 aromatic heterocycles. The van der Waals surface area contributed by atoms with Crippen LogP contribution in [0.5, 0.6) is 11.5 Å². The molecule has 10 aromatic rings. The number of hydrogen-bond donors (Lipinski definition) is 13. The van der Waals surface area contributed by atoms with Crippen LogP contribution in [0, 0.1) is 46.5 Å². The number of anilines is 4. The van der Waals surface area contributed by atoms with Gasteiger partial charge in [-0.25, -0.2) is 9.59 Å². The number of primary amides is 1. The van der Waals surface area contributed by atoms with Crippen LogP contribution in [0.2, 0.25) is 0 Å². The van der Waals surface area contributed by atoms with E-state index in [0.717, 1.165) is 159 Å². The van der Waals surface area contributed by atoms with E-state index in [2.05, 4.69) is 131 Å². The maximum atomic E-state index is 12.8. The third-order valence-electron chi connectivity index (χ3n) is 29.0. The summed E-state index contributed by atoms with van der Waals surface area (Å²) in [5.74, 6) is 6.25. The Morgan fingerprint density at radius 2 is 0.838 bits per heavy atom. The Bertz CT molecular complexity index is 5830. The van der Waals surface area contributed by atoms with Crippen LogP contribution in [0.15, 0.2) is 109 Å². The number of aromatic nitrogens is 9. The average molecular weight is 1870 g/mol. The van der Waals surface area contributed by atoms with Crippen molar-refractivity contribution < 1.29 is 53.6 Å². The second-order valence-electron chi connectivity index (χ2n) is 40.6. The molecule has 4 aliphatic carbocycles. The normalized spacial score (nSPS) is 22.3. The highest BCUT2D eigenvalue weighted by atomic mass is 16.7. The number of likely N-dealkylation sites (tertiary alicyclic amines) is 4. The van der Waals surface area contributed by atoms with Gasteiger partial charge in [0.2, 0.25) is 30.4 Å². The van der Waals surface area contributed by atoms with Crippen molar-refractivity contribution in [1.29, 1.82) is 0 Å². The van der Waals surface area contributed by atoms with Gasteiger partial charge in [-0.15, -0.1) is 10.2 Å². The van der Waals surface area contributed by atoms with Gasteiger partial charge in [-0.3, -0.25) is 53.1 Å². The fraction of sp³-hybridized carbons (Fsp3) is 0.559. The summed E-state index contributed by atoms with van der Waals surface area (Å²) in [4.78, 5) is 89.0. The number of aliphatic hydroxyl groups excluding tert-OH is 2. The third kappa shape index (κ3) is 24.0. The van der Waals surface area contributed by atoms with Crippen LogP contribution in [0.3, 0.4) is 0 Å². The summed E-state index contributed by atoms with van der Waals surface area (Å²) in [5.41, 5.74) is 15.0. The van der Waals surface area contributed by atoms with E-state index in [9.17, 15) is 44.1 Å². The smallest absolute Gasteiger partial charge is 0.343 e. The van der Waals surface area contributed by atoms with Crippen molar-refractivity contribution in [3.63, 3.8) is 0 Å². The molecule has 14 N–H and O–H groups in total. The first-order chi connectivity index (χ1) is 65.4. The summed E-state index contributed by atoms with van der Waals surface area (Å²) in [7, 11) is 0. The minimum atomic E-state index is -0.800. The molecule has 8 fully saturated rings. The molecule has 0 spiro atoms. The molecule has 5 aromatic carbocycles. The van der Waals surface area contributed by atoms with E-state index in [1.165, 1.54) is 93.7 Å². The van der Waals surface area contributed by atoms with E-state index < -0.39 is 11.6 Å². The number of carbonyl (C=O) groups is 6. The van der Waals surface area contributed by atoms with E-state index >= 15 is 0 Å². The molecule has 0 unspecified atom stereocenters. The Kier molecular flexibility index (Phi) is 31.2. The number of rotatable bonds is 27. The second-order valence-corrected chi connectivity index (χ2v) is 40.6. The minimum absolute atomic E-state index is 0.00634. The van der Waals surface area contributed by atoms with Crippen LogP contribution in [-0.4, -0.2) is 267 Å². The highest BCUT2D eigenvalue weighted by molar-refractivity contribution is 6.00. The Morgan fingerprint density at radius 1 is 0.456 bits per heavy atom. The van der Waals surface area contributed by atoms with Crippen molar-refractivity contribution in [2.45, 2.75) is 257 Å². The van der Waals surface area contributed by atoms with Crippen LogP contribution in [0.1, 0.15) is 189 Å². The van der Waals surface area contributed by atoms with Gasteiger partial charge in [0, 0.05) is 121 Å². The lowest BCUT2D eigenvalue weighted by Gasteiger charge is -2.48. The maximum absolute atomic E-state index is 12.8. The zero-order valence-electron chi connectivity index (χ0n) is 80.8. The van der Waals surface area contributed by atoms with Crippen molar-refractivity contribution in [2.24, 2.45) is 17.6 Å². The monoisotopic (exact) mass is 1860 g/mol. The van der Waals surface area contributed by atoms with Crippen LogP contribution in [0.25, 0.3) is 43.6 Å². The van der Waals surface area contributed by atoms with E-state index in [-0.39, 0.29) is 98.8 Å². The topological polar surface area (TPSA) is 413 Å². The van der Waals surface area contributed by atoms with Gasteiger partial charge in [-0.1, -0.05) is 78.9 Å². The summed E-state index contributed by atoms with van der Waals surface area (Å²) < 4.78 is 17.1.